The molecule has 2 rings (SSSR count). The van der Waals surface area contributed by atoms with E-state index >= 15 is 0 Å². The van der Waals surface area contributed by atoms with Crippen molar-refractivity contribution in [2.75, 3.05) is 32.8 Å². The summed E-state index contributed by atoms with van der Waals surface area (Å²) < 4.78 is 5.28. The number of halogens is 1. The lowest BCUT2D eigenvalue weighted by atomic mass is 10.2. The first kappa shape index (κ1) is 14.2. The molecule has 19 heavy (non-hydrogen) atoms. The summed E-state index contributed by atoms with van der Waals surface area (Å²) in [4.78, 5) is 22.0. The average Bonchev–Trinajstić information content (AvgIpc) is 2.40. The van der Waals surface area contributed by atoms with Gasteiger partial charge in [-0.3, -0.25) is 9.69 Å². The number of aromatic nitrogens is 2. The second-order valence-corrected chi connectivity index (χ2v) is 4.90. The van der Waals surface area contributed by atoms with Crippen LogP contribution in [0, 0.1) is 0 Å². The fourth-order valence-corrected chi connectivity index (χ4v) is 2.04. The minimum absolute atomic E-state index is 0.0445. The first-order valence-corrected chi connectivity index (χ1v) is 6.61. The van der Waals surface area contributed by atoms with Crippen molar-refractivity contribution in [2.24, 2.45) is 0 Å². The maximum absolute atomic E-state index is 11.9. The SMILES string of the molecule is CC(CN1CCOCC1)NC(=O)c1cnc(Cl)cn1. The van der Waals surface area contributed by atoms with E-state index in [9.17, 15) is 4.79 Å². The predicted octanol–water partition coefficient (Wildman–Crippen LogP) is 0.580. The summed E-state index contributed by atoms with van der Waals surface area (Å²) in [7, 11) is 0. The van der Waals surface area contributed by atoms with Gasteiger partial charge in [0.05, 0.1) is 25.6 Å². The molecule has 1 unspecified atom stereocenters. The van der Waals surface area contributed by atoms with Crippen molar-refractivity contribution in [1.29, 1.82) is 0 Å². The highest BCUT2D eigenvalue weighted by Gasteiger charge is 2.16. The van der Waals surface area contributed by atoms with E-state index in [1.165, 1.54) is 12.4 Å². The van der Waals surface area contributed by atoms with Gasteiger partial charge in [-0.25, -0.2) is 9.97 Å². The van der Waals surface area contributed by atoms with E-state index in [0.29, 0.717) is 0 Å². The number of ether oxygens (including phenoxy) is 1. The van der Waals surface area contributed by atoms with Crippen molar-refractivity contribution in [2.45, 2.75) is 13.0 Å². The maximum Gasteiger partial charge on any atom is 0.271 e. The first-order valence-electron chi connectivity index (χ1n) is 6.23. The number of carbonyl (C=O) groups is 1. The molecule has 0 aromatic carbocycles. The summed E-state index contributed by atoms with van der Waals surface area (Å²) in [5.41, 5.74) is 0.276. The average molecular weight is 285 g/mol. The Morgan fingerprint density at radius 3 is 2.84 bits per heavy atom. The third kappa shape index (κ3) is 4.41. The van der Waals surface area contributed by atoms with Gasteiger partial charge in [-0.1, -0.05) is 11.6 Å². The molecule has 7 heteroatoms. The lowest BCUT2D eigenvalue weighted by Crippen LogP contribution is -2.46. The molecule has 1 aromatic heterocycles. The van der Waals surface area contributed by atoms with Crippen LogP contribution in [-0.4, -0.2) is 59.7 Å². The van der Waals surface area contributed by atoms with E-state index in [0.717, 1.165) is 32.8 Å². The number of morpholine rings is 1. The van der Waals surface area contributed by atoms with Crippen LogP contribution in [0.2, 0.25) is 5.15 Å². The largest absolute Gasteiger partial charge is 0.379 e. The smallest absolute Gasteiger partial charge is 0.271 e. The Morgan fingerprint density at radius 1 is 1.47 bits per heavy atom. The highest BCUT2D eigenvalue weighted by Crippen LogP contribution is 2.02. The van der Waals surface area contributed by atoms with Crippen LogP contribution in [0.1, 0.15) is 17.4 Å². The Labute approximate surface area is 117 Å². The third-order valence-electron chi connectivity index (χ3n) is 2.87. The van der Waals surface area contributed by atoms with Crippen molar-refractivity contribution in [3.63, 3.8) is 0 Å². The van der Waals surface area contributed by atoms with E-state index in [2.05, 4.69) is 20.2 Å². The molecule has 0 aliphatic carbocycles. The number of nitrogens with one attached hydrogen (secondary N) is 1. The van der Waals surface area contributed by atoms with Crippen LogP contribution in [-0.2, 0) is 4.74 Å². The maximum atomic E-state index is 11.9. The van der Waals surface area contributed by atoms with Gasteiger partial charge in [0, 0.05) is 25.7 Å². The molecular formula is C12H17ClN4O2. The van der Waals surface area contributed by atoms with Crippen LogP contribution in [0.25, 0.3) is 0 Å². The lowest BCUT2D eigenvalue weighted by molar-refractivity contribution is 0.0342. The minimum atomic E-state index is -0.232. The molecular weight excluding hydrogens is 268 g/mol. The van der Waals surface area contributed by atoms with Gasteiger partial charge >= 0.3 is 0 Å². The van der Waals surface area contributed by atoms with Gasteiger partial charge in [-0.2, -0.15) is 0 Å². The Balaban J connectivity index is 1.82. The molecule has 1 N–H and O–H groups in total. The molecule has 0 bridgehead atoms. The normalized spacial score (nSPS) is 18.0. The number of hydrogen-bond donors (Lipinski definition) is 1. The van der Waals surface area contributed by atoms with Gasteiger partial charge in [-0.15, -0.1) is 0 Å². The van der Waals surface area contributed by atoms with Gasteiger partial charge < -0.3 is 10.1 Å². The monoisotopic (exact) mass is 284 g/mol. The standard InChI is InChI=1S/C12H17ClN4O2/c1-9(8-17-2-4-19-5-3-17)16-12(18)10-6-15-11(13)7-14-10/h6-7,9H,2-5,8H2,1H3,(H,16,18). The van der Waals surface area contributed by atoms with Gasteiger partial charge in [0.15, 0.2) is 0 Å². The highest BCUT2D eigenvalue weighted by molar-refractivity contribution is 6.29. The van der Waals surface area contributed by atoms with E-state index in [4.69, 9.17) is 16.3 Å². The Bertz CT molecular complexity index is 420. The molecule has 2 heterocycles. The Hall–Kier alpha value is -1.24. The number of rotatable bonds is 4. The summed E-state index contributed by atoms with van der Waals surface area (Å²) in [5.74, 6) is -0.232. The number of carbonyl (C=O) groups excluding carboxylic acids is 1. The molecule has 0 radical (unpaired) electrons. The van der Waals surface area contributed by atoms with Crippen LogP contribution in [0.3, 0.4) is 0 Å². The molecule has 1 saturated heterocycles. The third-order valence-corrected chi connectivity index (χ3v) is 3.06. The Kier molecular flexibility index (Phi) is 5.07. The van der Waals surface area contributed by atoms with Crippen molar-refractivity contribution in [1.82, 2.24) is 20.2 Å². The summed E-state index contributed by atoms with van der Waals surface area (Å²) in [6, 6.07) is 0.0445. The quantitative estimate of drug-likeness (QED) is 0.876. The molecule has 104 valence electrons. The van der Waals surface area contributed by atoms with Gasteiger partial charge in [0.2, 0.25) is 0 Å². The molecule has 6 nitrogen and oxygen atoms in total. The van der Waals surface area contributed by atoms with Crippen LogP contribution >= 0.6 is 11.6 Å². The van der Waals surface area contributed by atoms with E-state index in [1.807, 2.05) is 6.92 Å². The second kappa shape index (κ2) is 6.79. The van der Waals surface area contributed by atoms with E-state index in [-0.39, 0.29) is 22.8 Å². The predicted molar refractivity (Wildman–Crippen MR) is 71.2 cm³/mol. The fraction of sp³-hybridized carbons (Fsp3) is 0.583. The van der Waals surface area contributed by atoms with Crippen LogP contribution < -0.4 is 5.32 Å². The van der Waals surface area contributed by atoms with Crippen molar-refractivity contribution in [3.05, 3.63) is 23.2 Å². The fourth-order valence-electron chi connectivity index (χ4n) is 1.94. The van der Waals surface area contributed by atoms with Crippen molar-refractivity contribution in [3.8, 4) is 0 Å². The summed E-state index contributed by atoms with van der Waals surface area (Å²) >= 11 is 5.63. The molecule has 1 aliphatic heterocycles. The molecule has 1 atom stereocenters. The van der Waals surface area contributed by atoms with Crippen molar-refractivity contribution < 1.29 is 9.53 Å². The molecule has 1 aromatic rings. The highest BCUT2D eigenvalue weighted by atomic mass is 35.5. The summed E-state index contributed by atoms with van der Waals surface area (Å²) in [6.45, 7) is 6.08. The second-order valence-electron chi connectivity index (χ2n) is 4.51. The number of hydrogen-bond acceptors (Lipinski definition) is 5. The topological polar surface area (TPSA) is 67.3 Å². The minimum Gasteiger partial charge on any atom is -0.379 e. The van der Waals surface area contributed by atoms with Crippen LogP contribution in [0.4, 0.5) is 0 Å². The zero-order valence-electron chi connectivity index (χ0n) is 10.8. The molecule has 1 fully saturated rings. The van der Waals surface area contributed by atoms with E-state index < -0.39 is 0 Å². The van der Waals surface area contributed by atoms with Gasteiger partial charge in [0.25, 0.3) is 5.91 Å². The zero-order chi connectivity index (χ0) is 13.7. The first-order chi connectivity index (χ1) is 9.15. The Morgan fingerprint density at radius 2 is 2.21 bits per heavy atom. The van der Waals surface area contributed by atoms with Gasteiger partial charge in [0.1, 0.15) is 10.8 Å². The molecule has 1 amide bonds. The van der Waals surface area contributed by atoms with Crippen LogP contribution in [0.15, 0.2) is 12.4 Å². The van der Waals surface area contributed by atoms with Crippen LogP contribution in [0.5, 0.6) is 0 Å². The summed E-state index contributed by atoms with van der Waals surface area (Å²) in [6.07, 6.45) is 2.74. The molecule has 0 spiro atoms. The van der Waals surface area contributed by atoms with Gasteiger partial charge in [-0.05, 0) is 6.92 Å². The number of nitrogens with zero attached hydrogens (tertiary/aromatic N) is 3. The molecule has 0 saturated carbocycles. The summed E-state index contributed by atoms with van der Waals surface area (Å²) in [5, 5.41) is 3.17. The molecule has 1 aliphatic rings. The zero-order valence-corrected chi connectivity index (χ0v) is 11.6. The van der Waals surface area contributed by atoms with Crippen molar-refractivity contribution >= 4 is 17.5 Å². The lowest BCUT2D eigenvalue weighted by Gasteiger charge is -2.29. The van der Waals surface area contributed by atoms with E-state index in [1.54, 1.807) is 0 Å². The number of amides is 1.